The third kappa shape index (κ3) is 3.66. The molecule has 0 aliphatic rings. The Morgan fingerprint density at radius 1 is 1.13 bits per heavy atom. The van der Waals surface area contributed by atoms with Gasteiger partial charge in [-0.15, -0.1) is 0 Å². The minimum atomic E-state index is -3.74. The van der Waals surface area contributed by atoms with E-state index in [4.69, 9.17) is 11.6 Å². The van der Waals surface area contributed by atoms with Crippen molar-refractivity contribution in [2.24, 2.45) is 0 Å². The highest BCUT2D eigenvalue weighted by atomic mass is 35.5. The van der Waals surface area contributed by atoms with E-state index in [1.165, 1.54) is 10.5 Å². The SMILES string of the molecule is C=Cc1ccc(Cl)cc1N(/C=C/C)S(=O)(=O)c1ccc(C)cc1. The van der Waals surface area contributed by atoms with Crippen LogP contribution in [0.3, 0.4) is 0 Å². The fraction of sp³-hybridized carbons (Fsp3) is 0.111. The van der Waals surface area contributed by atoms with Gasteiger partial charge in [0.1, 0.15) is 0 Å². The summed E-state index contributed by atoms with van der Waals surface area (Å²) in [6, 6.07) is 11.8. The second-order valence-electron chi connectivity index (χ2n) is 5.00. The Hall–Kier alpha value is -2.04. The molecule has 3 nitrogen and oxygen atoms in total. The topological polar surface area (TPSA) is 37.4 Å². The van der Waals surface area contributed by atoms with E-state index in [0.717, 1.165) is 5.56 Å². The maximum atomic E-state index is 13.0. The van der Waals surface area contributed by atoms with Gasteiger partial charge in [0.2, 0.25) is 0 Å². The van der Waals surface area contributed by atoms with Crippen molar-refractivity contribution < 1.29 is 8.42 Å². The molecule has 23 heavy (non-hydrogen) atoms. The number of rotatable bonds is 5. The first-order valence-corrected chi connectivity index (χ1v) is 8.88. The van der Waals surface area contributed by atoms with Crippen molar-refractivity contribution >= 4 is 33.4 Å². The molecule has 5 heteroatoms. The zero-order valence-electron chi connectivity index (χ0n) is 13.0. The third-order valence-corrected chi connectivity index (χ3v) is 5.25. The van der Waals surface area contributed by atoms with Crippen molar-refractivity contribution in [1.29, 1.82) is 0 Å². The molecule has 0 N–H and O–H groups in total. The lowest BCUT2D eigenvalue weighted by atomic mass is 10.2. The maximum absolute atomic E-state index is 13.0. The van der Waals surface area contributed by atoms with Gasteiger partial charge in [0.25, 0.3) is 10.0 Å². The van der Waals surface area contributed by atoms with Crippen molar-refractivity contribution in [1.82, 2.24) is 0 Å². The van der Waals surface area contributed by atoms with E-state index in [-0.39, 0.29) is 4.90 Å². The van der Waals surface area contributed by atoms with E-state index >= 15 is 0 Å². The lowest BCUT2D eigenvalue weighted by Crippen LogP contribution is -2.26. The molecule has 2 aromatic carbocycles. The van der Waals surface area contributed by atoms with E-state index in [1.807, 2.05) is 6.92 Å². The average molecular weight is 348 g/mol. The highest BCUT2D eigenvalue weighted by molar-refractivity contribution is 7.93. The Labute approximate surface area is 142 Å². The molecule has 0 aliphatic heterocycles. The van der Waals surface area contributed by atoms with E-state index in [2.05, 4.69) is 6.58 Å². The molecule has 0 amide bonds. The van der Waals surface area contributed by atoms with Gasteiger partial charge in [-0.1, -0.05) is 54.1 Å². The summed E-state index contributed by atoms with van der Waals surface area (Å²) in [5, 5.41) is 0.458. The van der Waals surface area contributed by atoms with Gasteiger partial charge in [0, 0.05) is 11.2 Å². The van der Waals surface area contributed by atoms with Gasteiger partial charge < -0.3 is 0 Å². The number of sulfonamides is 1. The fourth-order valence-corrected chi connectivity index (χ4v) is 3.70. The largest absolute Gasteiger partial charge is 0.268 e. The molecule has 2 rings (SSSR count). The van der Waals surface area contributed by atoms with Crippen LogP contribution in [0.2, 0.25) is 5.02 Å². The van der Waals surface area contributed by atoms with Crippen LogP contribution in [0.4, 0.5) is 5.69 Å². The molecule has 0 unspecified atom stereocenters. The monoisotopic (exact) mass is 347 g/mol. The number of nitrogens with zero attached hydrogens (tertiary/aromatic N) is 1. The first kappa shape index (κ1) is 17.3. The van der Waals surface area contributed by atoms with Crippen molar-refractivity contribution in [2.75, 3.05) is 4.31 Å². The molecule has 0 fully saturated rings. The van der Waals surface area contributed by atoms with Crippen LogP contribution in [0.25, 0.3) is 6.08 Å². The summed E-state index contributed by atoms with van der Waals surface area (Å²) in [5.74, 6) is 0. The van der Waals surface area contributed by atoms with E-state index < -0.39 is 10.0 Å². The summed E-state index contributed by atoms with van der Waals surface area (Å²) in [4.78, 5) is 0.219. The Balaban J connectivity index is 2.65. The first-order chi connectivity index (χ1) is 10.9. The van der Waals surface area contributed by atoms with Crippen LogP contribution >= 0.6 is 11.6 Å². The van der Waals surface area contributed by atoms with Gasteiger partial charge in [-0.05, 0) is 43.7 Å². The van der Waals surface area contributed by atoms with Crippen molar-refractivity contribution in [2.45, 2.75) is 18.7 Å². The number of allylic oxidation sites excluding steroid dienone is 1. The first-order valence-electron chi connectivity index (χ1n) is 7.06. The summed E-state index contributed by atoms with van der Waals surface area (Å²) in [6.45, 7) is 7.41. The van der Waals surface area contributed by atoms with Crippen LogP contribution in [-0.2, 0) is 10.0 Å². The third-order valence-electron chi connectivity index (χ3n) is 3.31. The average Bonchev–Trinajstić information content (AvgIpc) is 2.53. The van der Waals surface area contributed by atoms with Gasteiger partial charge >= 0.3 is 0 Å². The quantitative estimate of drug-likeness (QED) is 0.761. The normalized spacial score (nSPS) is 11.6. The molecule has 0 saturated heterocycles. The number of anilines is 1. The number of halogens is 1. The summed E-state index contributed by atoms with van der Waals surface area (Å²) in [6.07, 6.45) is 4.78. The van der Waals surface area contributed by atoms with E-state index in [1.54, 1.807) is 61.5 Å². The van der Waals surface area contributed by atoms with Gasteiger partial charge in [0.15, 0.2) is 0 Å². The predicted octanol–water partition coefficient (Wildman–Crippen LogP) is 5.02. The van der Waals surface area contributed by atoms with Crippen LogP contribution in [0, 0.1) is 6.92 Å². The highest BCUT2D eigenvalue weighted by Crippen LogP contribution is 2.31. The molecular weight excluding hydrogens is 330 g/mol. The molecule has 0 heterocycles. The minimum absolute atomic E-state index is 0.219. The van der Waals surface area contributed by atoms with E-state index in [0.29, 0.717) is 16.3 Å². The second kappa shape index (κ2) is 7.02. The highest BCUT2D eigenvalue weighted by Gasteiger charge is 2.24. The van der Waals surface area contributed by atoms with Crippen LogP contribution in [0.1, 0.15) is 18.1 Å². The van der Waals surface area contributed by atoms with Crippen LogP contribution < -0.4 is 4.31 Å². The number of hydrogen-bond donors (Lipinski definition) is 0. The van der Waals surface area contributed by atoms with Gasteiger partial charge in [-0.3, -0.25) is 0 Å². The van der Waals surface area contributed by atoms with Crippen LogP contribution in [-0.4, -0.2) is 8.42 Å². The maximum Gasteiger partial charge on any atom is 0.268 e. The molecule has 0 atom stereocenters. The summed E-state index contributed by atoms with van der Waals surface area (Å²) >= 11 is 6.06. The molecule has 0 spiro atoms. The summed E-state index contributed by atoms with van der Waals surface area (Å²) < 4.78 is 27.2. The van der Waals surface area contributed by atoms with Crippen LogP contribution in [0.15, 0.2) is 66.2 Å². The molecular formula is C18H18ClNO2S. The van der Waals surface area contributed by atoms with Crippen molar-refractivity contribution in [3.05, 3.63) is 77.5 Å². The molecule has 120 valence electrons. The molecule has 0 aromatic heterocycles. The molecule has 0 saturated carbocycles. The molecule has 2 aromatic rings. The molecule has 0 radical (unpaired) electrons. The lowest BCUT2D eigenvalue weighted by Gasteiger charge is -2.23. The Morgan fingerprint density at radius 3 is 2.35 bits per heavy atom. The zero-order valence-corrected chi connectivity index (χ0v) is 14.6. The van der Waals surface area contributed by atoms with Crippen molar-refractivity contribution in [3.63, 3.8) is 0 Å². The number of aryl methyl sites for hydroxylation is 1. The summed E-state index contributed by atoms with van der Waals surface area (Å²) in [5.41, 5.74) is 2.14. The zero-order chi connectivity index (χ0) is 17.0. The second-order valence-corrected chi connectivity index (χ2v) is 7.25. The number of benzene rings is 2. The van der Waals surface area contributed by atoms with Gasteiger partial charge in [-0.2, -0.15) is 0 Å². The van der Waals surface area contributed by atoms with E-state index in [9.17, 15) is 8.42 Å². The van der Waals surface area contributed by atoms with Crippen LogP contribution in [0.5, 0.6) is 0 Å². The Morgan fingerprint density at radius 2 is 1.78 bits per heavy atom. The Bertz CT molecular complexity index is 840. The van der Waals surface area contributed by atoms with Crippen molar-refractivity contribution in [3.8, 4) is 0 Å². The van der Waals surface area contributed by atoms with Gasteiger partial charge in [-0.25, -0.2) is 12.7 Å². The standard InChI is InChI=1S/C18H18ClNO2S/c1-4-12-20(18-13-16(19)9-8-15(18)5-2)23(21,22)17-10-6-14(3)7-11-17/h4-13H,2H2,1,3H3/b12-4+. The fourth-order valence-electron chi connectivity index (χ4n) is 2.13. The smallest absolute Gasteiger partial charge is 0.241 e. The van der Waals surface area contributed by atoms with Gasteiger partial charge in [0.05, 0.1) is 10.6 Å². The molecule has 0 bridgehead atoms. The molecule has 0 aliphatic carbocycles. The minimum Gasteiger partial charge on any atom is -0.241 e. The predicted molar refractivity (Wildman–Crippen MR) is 97.2 cm³/mol. The lowest BCUT2D eigenvalue weighted by molar-refractivity contribution is 0.596. The summed E-state index contributed by atoms with van der Waals surface area (Å²) in [7, 11) is -3.74. The Kier molecular flexibility index (Phi) is 5.29. The number of hydrogen-bond acceptors (Lipinski definition) is 2.